The molecule has 1 saturated heterocycles. The standard InChI is InChI=1S/C19H18N4O5/c1-27-12-5-2-11(3-6-12)4-7-13-15-18(21-9-20-13)23(10-22-15)19-17(26)16(25)14(8-24)28-19/h2-3,5-6,9-10,14,16-17,19,24-26H,8H2,1H3/t14-,16-,17-,19-/m1/s1. The Morgan fingerprint density at radius 2 is 1.89 bits per heavy atom. The van der Waals surface area contributed by atoms with Crippen LogP contribution in [0, 0.1) is 11.8 Å². The van der Waals surface area contributed by atoms with E-state index >= 15 is 0 Å². The number of nitrogens with zero attached hydrogens (tertiary/aromatic N) is 4. The van der Waals surface area contributed by atoms with E-state index in [9.17, 15) is 15.3 Å². The first kappa shape index (κ1) is 18.3. The zero-order valence-electron chi connectivity index (χ0n) is 14.9. The lowest BCUT2D eigenvalue weighted by atomic mass is 10.1. The monoisotopic (exact) mass is 382 g/mol. The number of aliphatic hydroxyl groups is 3. The molecule has 4 atom stereocenters. The van der Waals surface area contributed by atoms with E-state index in [4.69, 9.17) is 9.47 Å². The van der Waals surface area contributed by atoms with Crippen LogP contribution in [0.3, 0.4) is 0 Å². The van der Waals surface area contributed by atoms with Crippen molar-refractivity contribution in [1.82, 2.24) is 19.5 Å². The van der Waals surface area contributed by atoms with E-state index in [1.54, 1.807) is 7.11 Å². The van der Waals surface area contributed by atoms with Crippen LogP contribution < -0.4 is 4.74 Å². The predicted molar refractivity (Wildman–Crippen MR) is 97.3 cm³/mol. The number of hydrogen-bond donors (Lipinski definition) is 3. The number of benzene rings is 1. The van der Waals surface area contributed by atoms with Crippen LogP contribution in [0.5, 0.6) is 5.75 Å². The van der Waals surface area contributed by atoms with Crippen LogP contribution in [0.15, 0.2) is 36.9 Å². The van der Waals surface area contributed by atoms with E-state index in [1.165, 1.54) is 17.2 Å². The summed E-state index contributed by atoms with van der Waals surface area (Å²) in [5.41, 5.74) is 2.06. The fraction of sp³-hybridized carbons (Fsp3) is 0.316. The van der Waals surface area contributed by atoms with Crippen molar-refractivity contribution < 1.29 is 24.8 Å². The van der Waals surface area contributed by atoms with Gasteiger partial charge in [0.2, 0.25) is 0 Å². The van der Waals surface area contributed by atoms with Crippen molar-refractivity contribution >= 4 is 11.2 Å². The molecule has 0 spiro atoms. The van der Waals surface area contributed by atoms with Crippen LogP contribution in [0.1, 0.15) is 17.5 Å². The van der Waals surface area contributed by atoms with Gasteiger partial charge in [-0.05, 0) is 30.2 Å². The highest BCUT2D eigenvalue weighted by molar-refractivity contribution is 5.76. The Balaban J connectivity index is 1.67. The Kier molecular flexibility index (Phi) is 4.93. The second-order valence-electron chi connectivity index (χ2n) is 6.25. The summed E-state index contributed by atoms with van der Waals surface area (Å²) >= 11 is 0. The number of methoxy groups -OCH3 is 1. The molecule has 1 aliphatic rings. The zero-order valence-corrected chi connectivity index (χ0v) is 14.9. The summed E-state index contributed by atoms with van der Waals surface area (Å²) < 4.78 is 12.2. The van der Waals surface area contributed by atoms with Gasteiger partial charge in [0.25, 0.3) is 0 Å². The van der Waals surface area contributed by atoms with Crippen molar-refractivity contribution in [2.24, 2.45) is 0 Å². The number of hydrogen-bond acceptors (Lipinski definition) is 8. The maximum atomic E-state index is 10.2. The van der Waals surface area contributed by atoms with Gasteiger partial charge in [-0.25, -0.2) is 15.0 Å². The Labute approximate surface area is 160 Å². The number of aliphatic hydroxyl groups excluding tert-OH is 3. The molecule has 0 unspecified atom stereocenters. The SMILES string of the molecule is COc1ccc(C#Cc2ncnc3c2ncn3[C@@H]2O[C@H](CO)[C@@H](O)[C@H]2O)cc1. The molecule has 144 valence electrons. The van der Waals surface area contributed by atoms with E-state index in [-0.39, 0.29) is 0 Å². The highest BCUT2D eigenvalue weighted by atomic mass is 16.6. The Bertz CT molecular complexity index is 1040. The van der Waals surface area contributed by atoms with E-state index in [0.717, 1.165) is 11.3 Å². The maximum absolute atomic E-state index is 10.2. The lowest BCUT2D eigenvalue weighted by Crippen LogP contribution is -2.33. The highest BCUT2D eigenvalue weighted by Gasteiger charge is 2.43. The van der Waals surface area contributed by atoms with Crippen molar-refractivity contribution in [3.63, 3.8) is 0 Å². The van der Waals surface area contributed by atoms with Gasteiger partial charge in [-0.3, -0.25) is 4.57 Å². The smallest absolute Gasteiger partial charge is 0.166 e. The lowest BCUT2D eigenvalue weighted by molar-refractivity contribution is -0.0511. The third-order valence-corrected chi connectivity index (χ3v) is 4.57. The number of imidazole rings is 1. The van der Waals surface area contributed by atoms with Gasteiger partial charge < -0.3 is 24.8 Å². The predicted octanol–water partition coefficient (Wildman–Crippen LogP) is -0.154. The summed E-state index contributed by atoms with van der Waals surface area (Å²) in [4.78, 5) is 12.7. The van der Waals surface area contributed by atoms with Gasteiger partial charge >= 0.3 is 0 Å². The van der Waals surface area contributed by atoms with Crippen LogP contribution in [-0.4, -0.2) is 66.9 Å². The van der Waals surface area contributed by atoms with Crippen molar-refractivity contribution in [2.75, 3.05) is 13.7 Å². The summed E-state index contributed by atoms with van der Waals surface area (Å²) in [6.07, 6.45) is -1.44. The van der Waals surface area contributed by atoms with E-state index in [0.29, 0.717) is 16.9 Å². The molecule has 28 heavy (non-hydrogen) atoms. The van der Waals surface area contributed by atoms with Gasteiger partial charge in [-0.2, -0.15) is 0 Å². The van der Waals surface area contributed by atoms with Crippen LogP contribution in [0.25, 0.3) is 11.2 Å². The molecular weight excluding hydrogens is 364 g/mol. The minimum Gasteiger partial charge on any atom is -0.497 e. The third kappa shape index (κ3) is 3.19. The Morgan fingerprint density at radius 3 is 2.57 bits per heavy atom. The van der Waals surface area contributed by atoms with Crippen molar-refractivity contribution in [3.8, 4) is 17.6 Å². The second kappa shape index (κ2) is 7.53. The van der Waals surface area contributed by atoms with Gasteiger partial charge in [0.1, 0.15) is 41.6 Å². The molecule has 1 aliphatic heterocycles. The number of aromatic nitrogens is 4. The summed E-state index contributed by atoms with van der Waals surface area (Å²) in [6, 6.07) is 7.30. The van der Waals surface area contributed by atoms with Gasteiger partial charge in [0.05, 0.1) is 20.0 Å². The maximum Gasteiger partial charge on any atom is 0.166 e. The van der Waals surface area contributed by atoms with Gasteiger partial charge in [0.15, 0.2) is 11.9 Å². The quantitative estimate of drug-likeness (QED) is 0.535. The van der Waals surface area contributed by atoms with E-state index < -0.39 is 31.1 Å². The molecule has 3 heterocycles. The first-order valence-corrected chi connectivity index (χ1v) is 8.58. The van der Waals surface area contributed by atoms with E-state index in [2.05, 4.69) is 26.8 Å². The fourth-order valence-electron chi connectivity index (χ4n) is 3.05. The first-order chi connectivity index (χ1) is 13.6. The molecule has 1 fully saturated rings. The lowest BCUT2D eigenvalue weighted by Gasteiger charge is -2.16. The van der Waals surface area contributed by atoms with Crippen LogP contribution in [-0.2, 0) is 4.74 Å². The summed E-state index contributed by atoms with van der Waals surface area (Å²) in [5.74, 6) is 6.73. The average Bonchev–Trinajstić information content (AvgIpc) is 3.28. The highest BCUT2D eigenvalue weighted by Crippen LogP contribution is 2.31. The minimum absolute atomic E-state index is 0.406. The fourth-order valence-corrected chi connectivity index (χ4v) is 3.05. The zero-order chi connectivity index (χ0) is 19.7. The molecule has 9 nitrogen and oxygen atoms in total. The molecule has 9 heteroatoms. The Hall–Kier alpha value is -3.03. The van der Waals surface area contributed by atoms with Crippen molar-refractivity contribution in [2.45, 2.75) is 24.5 Å². The van der Waals surface area contributed by atoms with Crippen LogP contribution >= 0.6 is 0 Å². The molecule has 4 rings (SSSR count). The van der Waals surface area contributed by atoms with Gasteiger partial charge in [-0.15, -0.1) is 0 Å². The number of ether oxygens (including phenoxy) is 2. The van der Waals surface area contributed by atoms with Gasteiger partial charge in [-0.1, -0.05) is 5.92 Å². The van der Waals surface area contributed by atoms with Crippen LogP contribution in [0.2, 0.25) is 0 Å². The van der Waals surface area contributed by atoms with Crippen molar-refractivity contribution in [3.05, 3.63) is 48.2 Å². The molecule has 0 bridgehead atoms. The summed E-state index contributed by atoms with van der Waals surface area (Å²) in [7, 11) is 1.60. The summed E-state index contributed by atoms with van der Waals surface area (Å²) in [5, 5.41) is 29.5. The topological polar surface area (TPSA) is 123 Å². The number of rotatable bonds is 3. The molecule has 0 radical (unpaired) electrons. The van der Waals surface area contributed by atoms with Crippen molar-refractivity contribution in [1.29, 1.82) is 0 Å². The van der Waals surface area contributed by atoms with Gasteiger partial charge in [0, 0.05) is 5.56 Å². The third-order valence-electron chi connectivity index (χ3n) is 4.57. The first-order valence-electron chi connectivity index (χ1n) is 8.58. The average molecular weight is 382 g/mol. The number of fused-ring (bicyclic) bond motifs is 1. The molecule has 2 aromatic heterocycles. The molecule has 1 aromatic carbocycles. The second-order valence-corrected chi connectivity index (χ2v) is 6.25. The Morgan fingerprint density at radius 1 is 1.11 bits per heavy atom. The van der Waals surface area contributed by atoms with E-state index in [1.807, 2.05) is 24.3 Å². The molecular formula is C19H18N4O5. The molecule has 0 saturated carbocycles. The molecule has 0 aliphatic carbocycles. The molecule has 3 N–H and O–H groups in total. The minimum atomic E-state index is -1.22. The van der Waals surface area contributed by atoms with Crippen LogP contribution in [0.4, 0.5) is 0 Å². The summed E-state index contributed by atoms with van der Waals surface area (Å²) in [6.45, 7) is -0.408. The molecule has 3 aromatic rings. The molecule has 0 amide bonds. The largest absolute Gasteiger partial charge is 0.497 e. The normalized spacial score (nSPS) is 24.1.